The number of hydrogen-bond acceptors (Lipinski definition) is 8. The lowest BCUT2D eigenvalue weighted by Crippen LogP contribution is -2.43. The van der Waals surface area contributed by atoms with Gasteiger partial charge in [0.25, 0.3) is 11.5 Å². The number of carbonyl (C=O) groups is 1. The van der Waals surface area contributed by atoms with Crippen LogP contribution in [-0.2, 0) is 4.79 Å². The van der Waals surface area contributed by atoms with Crippen LogP contribution in [0, 0.1) is 0 Å². The van der Waals surface area contributed by atoms with Crippen molar-refractivity contribution in [2.45, 2.75) is 33.4 Å². The number of ether oxygens (including phenoxy) is 4. The van der Waals surface area contributed by atoms with Crippen LogP contribution in [0.5, 0.6) is 23.0 Å². The molecule has 3 aromatic rings. The highest BCUT2D eigenvalue weighted by molar-refractivity contribution is 7.07. The highest BCUT2D eigenvalue weighted by Gasteiger charge is 2.36. The minimum atomic E-state index is -3.01. The molecule has 12 heteroatoms. The minimum Gasteiger partial charge on any atom is -0.497 e. The average molecular weight is 588 g/mol. The monoisotopic (exact) mass is 587 g/mol. The normalized spacial score (nSPS) is 15.0. The van der Waals surface area contributed by atoms with E-state index in [0.717, 1.165) is 11.3 Å². The first-order chi connectivity index (χ1) is 19.7. The Morgan fingerprint density at radius 2 is 1.73 bits per heavy atom. The van der Waals surface area contributed by atoms with E-state index in [9.17, 15) is 18.4 Å². The molecule has 1 aromatic heterocycles. The summed E-state index contributed by atoms with van der Waals surface area (Å²) in [7, 11) is 4.39. The Hall–Kier alpha value is -4.19. The molecule has 0 radical (unpaired) electrons. The van der Waals surface area contributed by atoms with Crippen molar-refractivity contribution in [1.82, 2.24) is 9.47 Å². The van der Waals surface area contributed by atoms with Crippen molar-refractivity contribution in [3.63, 3.8) is 0 Å². The summed E-state index contributed by atoms with van der Waals surface area (Å²) in [6, 6.07) is 8.77. The zero-order valence-corrected chi connectivity index (χ0v) is 24.4. The number of methoxy groups -OCH3 is 3. The molecule has 0 bridgehead atoms. The second kappa shape index (κ2) is 12.5. The van der Waals surface area contributed by atoms with E-state index >= 15 is 0 Å². The predicted molar refractivity (Wildman–Crippen MR) is 151 cm³/mol. The average Bonchev–Trinajstić information content (AvgIpc) is 3.26. The Morgan fingerprint density at radius 3 is 2.34 bits per heavy atom. The van der Waals surface area contributed by atoms with E-state index < -0.39 is 12.7 Å². The van der Waals surface area contributed by atoms with E-state index in [-0.39, 0.29) is 23.0 Å². The lowest BCUT2D eigenvalue weighted by atomic mass is 9.93. The van der Waals surface area contributed by atoms with Crippen molar-refractivity contribution in [2.75, 3.05) is 34.4 Å². The summed E-state index contributed by atoms with van der Waals surface area (Å²) >= 11 is 1.15. The Balaban J connectivity index is 1.97. The number of aromatic nitrogens is 1. The van der Waals surface area contributed by atoms with Gasteiger partial charge in [-0.05, 0) is 62.7 Å². The van der Waals surface area contributed by atoms with Crippen LogP contribution in [0.1, 0.15) is 37.9 Å². The molecule has 0 unspecified atom stereocenters. The highest BCUT2D eigenvalue weighted by atomic mass is 32.1. The van der Waals surface area contributed by atoms with Gasteiger partial charge in [-0.15, -0.1) is 0 Å². The van der Waals surface area contributed by atoms with Crippen LogP contribution in [0.3, 0.4) is 0 Å². The number of amides is 1. The summed E-state index contributed by atoms with van der Waals surface area (Å²) in [6.45, 7) is 3.47. The van der Waals surface area contributed by atoms with Gasteiger partial charge in [-0.2, -0.15) is 8.78 Å². The number of thiazole rings is 1. The van der Waals surface area contributed by atoms with Gasteiger partial charge >= 0.3 is 6.61 Å². The summed E-state index contributed by atoms with van der Waals surface area (Å²) in [6.07, 6.45) is 1.61. The Labute approximate surface area is 239 Å². The summed E-state index contributed by atoms with van der Waals surface area (Å²) in [4.78, 5) is 34.6. The van der Waals surface area contributed by atoms with Crippen molar-refractivity contribution in [3.8, 4) is 23.0 Å². The molecule has 1 atom stereocenters. The molecule has 2 heterocycles. The number of fused-ring (bicyclic) bond motifs is 1. The Morgan fingerprint density at radius 1 is 1.05 bits per heavy atom. The molecule has 218 valence electrons. The molecule has 0 saturated heterocycles. The molecular weight excluding hydrogens is 556 g/mol. The van der Waals surface area contributed by atoms with E-state index in [1.54, 1.807) is 42.2 Å². The van der Waals surface area contributed by atoms with E-state index in [1.165, 1.54) is 38.0 Å². The third-order valence-electron chi connectivity index (χ3n) is 6.74. The molecule has 41 heavy (non-hydrogen) atoms. The van der Waals surface area contributed by atoms with Crippen LogP contribution in [-0.4, -0.2) is 56.4 Å². The molecule has 0 saturated carbocycles. The van der Waals surface area contributed by atoms with Crippen molar-refractivity contribution in [1.29, 1.82) is 0 Å². The van der Waals surface area contributed by atoms with Gasteiger partial charge in [-0.25, -0.2) is 4.99 Å². The first-order valence-electron chi connectivity index (χ1n) is 12.8. The number of allylic oxidation sites excluding steroid dienone is 1. The smallest absolute Gasteiger partial charge is 0.387 e. The molecule has 0 fully saturated rings. The number of halogens is 2. The van der Waals surface area contributed by atoms with Crippen LogP contribution in [0.15, 0.2) is 57.5 Å². The van der Waals surface area contributed by atoms with Gasteiger partial charge in [-0.1, -0.05) is 17.4 Å². The van der Waals surface area contributed by atoms with E-state index in [2.05, 4.69) is 9.73 Å². The van der Waals surface area contributed by atoms with Gasteiger partial charge in [0, 0.05) is 18.7 Å². The third kappa shape index (κ3) is 5.83. The summed E-state index contributed by atoms with van der Waals surface area (Å²) in [5, 5.41) is 0. The van der Waals surface area contributed by atoms with E-state index in [1.807, 2.05) is 13.8 Å². The largest absolute Gasteiger partial charge is 0.497 e. The van der Waals surface area contributed by atoms with Gasteiger partial charge in [0.15, 0.2) is 16.3 Å². The maximum absolute atomic E-state index is 14.0. The van der Waals surface area contributed by atoms with Crippen molar-refractivity contribution < 1.29 is 32.5 Å². The topological polar surface area (TPSA) is 91.6 Å². The first kappa shape index (κ1) is 29.8. The number of alkyl halides is 2. The summed E-state index contributed by atoms with van der Waals surface area (Å²) in [5.74, 6) is 0.740. The number of rotatable bonds is 10. The molecule has 1 aliphatic heterocycles. The fraction of sp³-hybridized carbons (Fsp3) is 0.345. The Kier molecular flexibility index (Phi) is 9.11. The van der Waals surface area contributed by atoms with Gasteiger partial charge in [-0.3, -0.25) is 14.2 Å². The molecule has 0 N–H and O–H groups in total. The molecule has 4 rings (SSSR count). The van der Waals surface area contributed by atoms with Gasteiger partial charge < -0.3 is 23.8 Å². The number of benzene rings is 2. The molecular formula is C29H31F2N3O6S. The van der Waals surface area contributed by atoms with Gasteiger partial charge in [0.1, 0.15) is 17.5 Å². The van der Waals surface area contributed by atoms with Crippen LogP contribution in [0.2, 0.25) is 0 Å². The molecule has 0 aliphatic carbocycles. The molecule has 1 amide bonds. The number of nitrogens with zero attached hydrogens (tertiary/aromatic N) is 3. The second-order valence-electron chi connectivity index (χ2n) is 8.96. The zero-order valence-electron chi connectivity index (χ0n) is 23.6. The Bertz CT molecular complexity index is 1660. The van der Waals surface area contributed by atoms with Crippen LogP contribution >= 0.6 is 11.3 Å². The van der Waals surface area contributed by atoms with Gasteiger partial charge in [0.2, 0.25) is 0 Å². The number of likely N-dealkylation sites (N-methyl/N-ethyl adjacent to an activating group) is 1. The van der Waals surface area contributed by atoms with E-state index in [0.29, 0.717) is 56.3 Å². The molecule has 9 nitrogen and oxygen atoms in total. The SMILES string of the molecule is CCN(CC)C(=O)C1=C(C)N=c2s/c(=C\c3ccc(OC(F)F)c(OC)c3)c(=O)n2[C@@H]1c1cc(OC)ccc1OC. The highest BCUT2D eigenvalue weighted by Crippen LogP contribution is 2.38. The fourth-order valence-electron chi connectivity index (χ4n) is 4.74. The maximum atomic E-state index is 14.0. The lowest BCUT2D eigenvalue weighted by Gasteiger charge is -2.30. The first-order valence-corrected chi connectivity index (χ1v) is 13.7. The van der Waals surface area contributed by atoms with Crippen molar-refractivity contribution in [3.05, 3.63) is 78.5 Å². The van der Waals surface area contributed by atoms with Crippen LogP contribution in [0.25, 0.3) is 6.08 Å². The third-order valence-corrected chi connectivity index (χ3v) is 7.72. The van der Waals surface area contributed by atoms with E-state index in [4.69, 9.17) is 14.2 Å². The quantitative estimate of drug-likeness (QED) is 0.359. The van der Waals surface area contributed by atoms with Crippen LogP contribution in [0.4, 0.5) is 8.78 Å². The standard InChI is InChI=1S/C29H31F2N3O6S/c1-7-33(8-2)27(36)24-16(3)32-29-34(25(24)19-15-18(37-4)10-12-20(19)38-5)26(35)23(41-29)14-17-9-11-21(40-28(30)31)22(13-17)39-6/h9-15,25,28H,7-8H2,1-6H3/b23-14-/t25-/m1/s1. The number of carbonyl (C=O) groups excluding carboxylic acids is 1. The summed E-state index contributed by atoms with van der Waals surface area (Å²) in [5.41, 5.74) is 1.56. The molecule has 0 spiro atoms. The molecule has 1 aliphatic rings. The zero-order chi connectivity index (χ0) is 29.8. The van der Waals surface area contributed by atoms with Crippen molar-refractivity contribution >= 4 is 23.3 Å². The summed E-state index contributed by atoms with van der Waals surface area (Å²) < 4.78 is 48.2. The van der Waals surface area contributed by atoms with Gasteiger partial charge in [0.05, 0.1) is 37.1 Å². The number of hydrogen-bond donors (Lipinski definition) is 0. The minimum absolute atomic E-state index is 0.0915. The predicted octanol–water partition coefficient (Wildman–Crippen LogP) is 3.73. The second-order valence-corrected chi connectivity index (χ2v) is 9.97. The fourth-order valence-corrected chi connectivity index (χ4v) is 5.79. The maximum Gasteiger partial charge on any atom is 0.387 e. The molecule has 2 aromatic carbocycles. The van der Waals surface area contributed by atoms with Crippen LogP contribution < -0.4 is 33.8 Å². The van der Waals surface area contributed by atoms with Crippen molar-refractivity contribution in [2.24, 2.45) is 4.99 Å². The lowest BCUT2D eigenvalue weighted by molar-refractivity contribution is -0.127.